The zero-order chi connectivity index (χ0) is 19.3. The molecule has 27 heavy (non-hydrogen) atoms. The summed E-state index contributed by atoms with van der Waals surface area (Å²) in [7, 11) is 0. The van der Waals surface area contributed by atoms with E-state index in [2.05, 4.69) is 26.0 Å². The summed E-state index contributed by atoms with van der Waals surface area (Å²) in [6.45, 7) is 5.18. The second-order valence-electron chi connectivity index (χ2n) is 6.92. The van der Waals surface area contributed by atoms with Gasteiger partial charge in [0.15, 0.2) is 0 Å². The van der Waals surface area contributed by atoms with Crippen LogP contribution < -0.4 is 4.74 Å². The van der Waals surface area contributed by atoms with Crippen LogP contribution in [-0.4, -0.2) is 11.7 Å². The van der Waals surface area contributed by atoms with Crippen molar-refractivity contribution in [2.24, 2.45) is 0 Å². The Morgan fingerprint density at radius 2 is 1.48 bits per heavy atom. The van der Waals surface area contributed by atoms with E-state index in [9.17, 15) is 4.79 Å². The first-order valence-corrected chi connectivity index (χ1v) is 11.1. The lowest BCUT2D eigenvalue weighted by molar-refractivity contribution is 0.108. The van der Waals surface area contributed by atoms with Gasteiger partial charge in [0, 0.05) is 10.5 Å². The molecular formula is C24H32O2S. The molecule has 0 heterocycles. The minimum Gasteiger partial charge on any atom is -0.494 e. The SMILES string of the molecule is CCCCCCCOc1ccc(SC(=O)c2ccc(CCCC)cc2)cc1. The summed E-state index contributed by atoms with van der Waals surface area (Å²) in [5.74, 6) is 0.877. The fourth-order valence-electron chi connectivity index (χ4n) is 2.85. The largest absolute Gasteiger partial charge is 0.494 e. The Morgan fingerprint density at radius 3 is 2.15 bits per heavy atom. The molecule has 0 aliphatic carbocycles. The molecular weight excluding hydrogens is 352 g/mol. The molecule has 0 unspecified atom stereocenters. The molecule has 3 heteroatoms. The molecule has 2 nitrogen and oxygen atoms in total. The van der Waals surface area contributed by atoms with Crippen molar-refractivity contribution >= 4 is 16.9 Å². The summed E-state index contributed by atoms with van der Waals surface area (Å²) in [6.07, 6.45) is 9.65. The van der Waals surface area contributed by atoms with Gasteiger partial charge in [0.05, 0.1) is 6.61 Å². The lowest BCUT2D eigenvalue weighted by Crippen LogP contribution is -1.97. The number of hydrogen-bond donors (Lipinski definition) is 0. The quantitative estimate of drug-likeness (QED) is 0.283. The number of carbonyl (C=O) groups excluding carboxylic acids is 1. The molecule has 0 aromatic heterocycles. The maximum atomic E-state index is 12.5. The van der Waals surface area contributed by atoms with Gasteiger partial charge in [-0.05, 0) is 60.9 Å². The third-order valence-electron chi connectivity index (χ3n) is 4.56. The number of aryl methyl sites for hydroxylation is 1. The molecule has 2 aromatic carbocycles. The monoisotopic (exact) mass is 384 g/mol. The predicted molar refractivity (Wildman–Crippen MR) is 116 cm³/mol. The number of carbonyl (C=O) groups is 1. The minimum atomic E-state index is 0.0848. The van der Waals surface area contributed by atoms with Crippen LogP contribution in [0.4, 0.5) is 0 Å². The number of unbranched alkanes of at least 4 members (excludes halogenated alkanes) is 5. The summed E-state index contributed by atoms with van der Waals surface area (Å²) in [4.78, 5) is 13.4. The van der Waals surface area contributed by atoms with E-state index in [1.807, 2.05) is 36.4 Å². The summed E-state index contributed by atoms with van der Waals surface area (Å²) in [6, 6.07) is 15.9. The van der Waals surface area contributed by atoms with Gasteiger partial charge in [0.1, 0.15) is 5.75 Å². The van der Waals surface area contributed by atoms with Gasteiger partial charge in [-0.1, -0.05) is 70.2 Å². The molecule has 0 bridgehead atoms. The van der Waals surface area contributed by atoms with E-state index in [0.29, 0.717) is 0 Å². The van der Waals surface area contributed by atoms with Crippen molar-refractivity contribution < 1.29 is 9.53 Å². The van der Waals surface area contributed by atoms with Gasteiger partial charge in [-0.3, -0.25) is 4.79 Å². The third kappa shape index (κ3) is 8.21. The highest BCUT2D eigenvalue weighted by Crippen LogP contribution is 2.25. The van der Waals surface area contributed by atoms with Crippen LogP contribution in [0.2, 0.25) is 0 Å². The van der Waals surface area contributed by atoms with Crippen LogP contribution in [0, 0.1) is 0 Å². The van der Waals surface area contributed by atoms with Crippen molar-refractivity contribution in [3.63, 3.8) is 0 Å². The number of ether oxygens (including phenoxy) is 1. The highest BCUT2D eigenvalue weighted by Gasteiger charge is 2.08. The molecule has 0 spiro atoms. The van der Waals surface area contributed by atoms with Crippen LogP contribution >= 0.6 is 11.8 Å². The van der Waals surface area contributed by atoms with Crippen LogP contribution in [0.3, 0.4) is 0 Å². The van der Waals surface area contributed by atoms with E-state index in [1.165, 1.54) is 55.9 Å². The molecule has 0 radical (unpaired) electrons. The molecule has 146 valence electrons. The van der Waals surface area contributed by atoms with Crippen molar-refractivity contribution in [1.82, 2.24) is 0 Å². The Labute approximate surface area is 168 Å². The number of thioether (sulfide) groups is 1. The zero-order valence-corrected chi connectivity index (χ0v) is 17.5. The molecule has 0 amide bonds. The molecule has 0 aliphatic rings. The maximum absolute atomic E-state index is 12.5. The fraction of sp³-hybridized carbons (Fsp3) is 0.458. The van der Waals surface area contributed by atoms with Crippen LogP contribution in [0.5, 0.6) is 5.75 Å². The Bertz CT molecular complexity index is 662. The first-order valence-electron chi connectivity index (χ1n) is 10.3. The van der Waals surface area contributed by atoms with Crippen LogP contribution in [-0.2, 0) is 6.42 Å². The predicted octanol–water partition coefficient (Wildman–Crippen LogP) is 7.31. The van der Waals surface area contributed by atoms with E-state index in [0.717, 1.165) is 35.7 Å². The Hall–Kier alpha value is -1.74. The van der Waals surface area contributed by atoms with E-state index in [-0.39, 0.29) is 5.12 Å². The smallest absolute Gasteiger partial charge is 0.224 e. The van der Waals surface area contributed by atoms with Gasteiger partial charge in [-0.2, -0.15) is 0 Å². The maximum Gasteiger partial charge on any atom is 0.224 e. The first kappa shape index (κ1) is 21.6. The van der Waals surface area contributed by atoms with Crippen molar-refractivity contribution in [2.75, 3.05) is 6.61 Å². The second-order valence-corrected chi connectivity index (χ2v) is 7.97. The number of rotatable bonds is 12. The minimum absolute atomic E-state index is 0.0848. The molecule has 0 N–H and O–H groups in total. The van der Waals surface area contributed by atoms with Gasteiger partial charge in [0.25, 0.3) is 0 Å². The summed E-state index contributed by atoms with van der Waals surface area (Å²) in [5.41, 5.74) is 2.06. The van der Waals surface area contributed by atoms with Gasteiger partial charge in [-0.25, -0.2) is 0 Å². The highest BCUT2D eigenvalue weighted by molar-refractivity contribution is 8.14. The van der Waals surface area contributed by atoms with Crippen molar-refractivity contribution in [2.45, 2.75) is 70.1 Å². The molecule has 0 aliphatic heterocycles. The van der Waals surface area contributed by atoms with Crippen LogP contribution in [0.25, 0.3) is 0 Å². The topological polar surface area (TPSA) is 26.3 Å². The van der Waals surface area contributed by atoms with E-state index in [4.69, 9.17) is 4.74 Å². The molecule has 0 atom stereocenters. The van der Waals surface area contributed by atoms with Crippen molar-refractivity contribution in [3.05, 3.63) is 59.7 Å². The van der Waals surface area contributed by atoms with Crippen LogP contribution in [0.15, 0.2) is 53.4 Å². The van der Waals surface area contributed by atoms with Crippen molar-refractivity contribution in [1.29, 1.82) is 0 Å². The van der Waals surface area contributed by atoms with E-state index >= 15 is 0 Å². The molecule has 0 saturated heterocycles. The van der Waals surface area contributed by atoms with Gasteiger partial charge in [0.2, 0.25) is 5.12 Å². The van der Waals surface area contributed by atoms with Gasteiger partial charge >= 0.3 is 0 Å². The Balaban J connectivity index is 1.77. The summed E-state index contributed by atoms with van der Waals surface area (Å²) >= 11 is 1.27. The number of benzene rings is 2. The normalized spacial score (nSPS) is 10.7. The lowest BCUT2D eigenvalue weighted by atomic mass is 10.1. The first-order chi connectivity index (χ1) is 13.2. The molecule has 0 fully saturated rings. The fourth-order valence-corrected chi connectivity index (χ4v) is 3.59. The zero-order valence-electron chi connectivity index (χ0n) is 16.7. The third-order valence-corrected chi connectivity index (χ3v) is 5.49. The van der Waals surface area contributed by atoms with Gasteiger partial charge < -0.3 is 4.74 Å². The van der Waals surface area contributed by atoms with Gasteiger partial charge in [-0.15, -0.1) is 0 Å². The summed E-state index contributed by atoms with van der Waals surface area (Å²) in [5, 5.41) is 0.0848. The lowest BCUT2D eigenvalue weighted by Gasteiger charge is -2.07. The van der Waals surface area contributed by atoms with Crippen molar-refractivity contribution in [3.8, 4) is 5.75 Å². The van der Waals surface area contributed by atoms with E-state index < -0.39 is 0 Å². The average molecular weight is 385 g/mol. The summed E-state index contributed by atoms with van der Waals surface area (Å²) < 4.78 is 5.78. The highest BCUT2D eigenvalue weighted by atomic mass is 32.2. The second kappa shape index (κ2) is 12.6. The Morgan fingerprint density at radius 1 is 0.815 bits per heavy atom. The van der Waals surface area contributed by atoms with E-state index in [1.54, 1.807) is 0 Å². The molecule has 2 rings (SSSR count). The Kier molecular flexibility index (Phi) is 10.1. The molecule has 0 saturated carbocycles. The molecule has 2 aromatic rings. The average Bonchev–Trinajstić information content (AvgIpc) is 2.70. The number of hydrogen-bond acceptors (Lipinski definition) is 3. The standard InChI is InChI=1S/C24H32O2S/c1-3-5-7-8-9-19-26-22-15-17-23(18-16-22)27-24(25)21-13-11-20(12-14-21)10-6-4-2/h11-18H,3-10,19H2,1-2H3. The van der Waals surface area contributed by atoms with Crippen LogP contribution in [0.1, 0.15) is 74.7 Å².